The average Bonchev–Trinajstić information content (AvgIpc) is 2.68. The Morgan fingerprint density at radius 3 is 1.86 bits per heavy atom. The van der Waals surface area contributed by atoms with E-state index in [1.54, 1.807) is 12.1 Å². The minimum absolute atomic E-state index is 0.0162. The summed E-state index contributed by atoms with van der Waals surface area (Å²) in [5, 5.41) is 0. The fourth-order valence-corrected chi connectivity index (χ4v) is 3.93. The highest BCUT2D eigenvalue weighted by atomic mass is 32.2. The Bertz CT molecular complexity index is 961. The molecule has 154 valence electrons. The van der Waals surface area contributed by atoms with Crippen LogP contribution in [0.4, 0.5) is 4.39 Å². The van der Waals surface area contributed by atoms with Crippen LogP contribution in [0.3, 0.4) is 0 Å². The highest BCUT2D eigenvalue weighted by molar-refractivity contribution is 7.89. The molecule has 28 heavy (non-hydrogen) atoms. The number of nitrogens with zero attached hydrogens (tertiary/aromatic N) is 1. The van der Waals surface area contributed by atoms with E-state index >= 15 is 0 Å². The van der Waals surface area contributed by atoms with Crippen molar-refractivity contribution in [1.29, 1.82) is 0 Å². The van der Waals surface area contributed by atoms with Gasteiger partial charge in [0.1, 0.15) is 10.7 Å². The number of ether oxygens (including phenoxy) is 4. The van der Waals surface area contributed by atoms with E-state index in [0.29, 0.717) is 17.1 Å². The number of halogens is 1. The van der Waals surface area contributed by atoms with E-state index in [1.807, 2.05) is 6.92 Å². The molecule has 0 aliphatic heterocycles. The zero-order valence-electron chi connectivity index (χ0n) is 16.7. The van der Waals surface area contributed by atoms with Crippen LogP contribution in [0.2, 0.25) is 0 Å². The lowest BCUT2D eigenvalue weighted by Crippen LogP contribution is -2.27. The van der Waals surface area contributed by atoms with Crippen LogP contribution in [0.1, 0.15) is 11.1 Å². The van der Waals surface area contributed by atoms with Crippen molar-refractivity contribution in [3.8, 4) is 23.0 Å². The fraction of sp³-hybridized carbons (Fsp3) is 0.368. The molecule has 0 saturated heterocycles. The number of rotatable bonds is 8. The van der Waals surface area contributed by atoms with Gasteiger partial charge < -0.3 is 18.9 Å². The quantitative estimate of drug-likeness (QED) is 0.662. The molecule has 0 amide bonds. The number of hydrogen-bond donors (Lipinski definition) is 0. The maximum atomic E-state index is 14.5. The Hall–Kier alpha value is -2.52. The van der Waals surface area contributed by atoms with Gasteiger partial charge in [0.05, 0.1) is 28.4 Å². The minimum Gasteiger partial charge on any atom is -0.493 e. The molecule has 0 bridgehead atoms. The molecule has 2 aromatic carbocycles. The second kappa shape index (κ2) is 8.66. The summed E-state index contributed by atoms with van der Waals surface area (Å²) in [6.45, 7) is 1.84. The third-order valence-electron chi connectivity index (χ3n) is 4.36. The van der Waals surface area contributed by atoms with Gasteiger partial charge in [0.2, 0.25) is 10.0 Å². The Morgan fingerprint density at radius 1 is 0.857 bits per heavy atom. The van der Waals surface area contributed by atoms with E-state index in [4.69, 9.17) is 18.9 Å². The Kier molecular flexibility index (Phi) is 6.73. The van der Waals surface area contributed by atoms with Crippen LogP contribution in [0.25, 0.3) is 0 Å². The number of methoxy groups -OCH3 is 4. The van der Waals surface area contributed by atoms with Gasteiger partial charge in [0.15, 0.2) is 23.0 Å². The summed E-state index contributed by atoms with van der Waals surface area (Å²) < 4.78 is 62.0. The monoisotopic (exact) mass is 413 g/mol. The molecule has 0 radical (unpaired) electrons. The van der Waals surface area contributed by atoms with Crippen molar-refractivity contribution in [2.75, 3.05) is 35.5 Å². The highest BCUT2D eigenvalue weighted by Gasteiger charge is 2.27. The second-order valence-electron chi connectivity index (χ2n) is 6.03. The smallest absolute Gasteiger partial charge is 0.246 e. The van der Waals surface area contributed by atoms with Gasteiger partial charge in [-0.1, -0.05) is 0 Å². The molecule has 7 nitrogen and oxygen atoms in total. The SMILES string of the molecule is COc1cc(C)c(CN(C)S(=O)(=O)c2cc(OC)c(OC)cc2F)cc1OC. The molecule has 9 heteroatoms. The van der Waals surface area contributed by atoms with E-state index in [9.17, 15) is 12.8 Å². The minimum atomic E-state index is -4.13. The molecule has 0 unspecified atom stereocenters. The van der Waals surface area contributed by atoms with E-state index in [1.165, 1.54) is 35.5 Å². The molecule has 0 spiro atoms. The molecule has 0 atom stereocenters. The zero-order valence-corrected chi connectivity index (χ0v) is 17.5. The topological polar surface area (TPSA) is 74.3 Å². The number of aryl methyl sites for hydroxylation is 1. The van der Waals surface area contributed by atoms with E-state index in [-0.39, 0.29) is 18.0 Å². The molecular weight excluding hydrogens is 389 g/mol. The van der Waals surface area contributed by atoms with Gasteiger partial charge in [0, 0.05) is 25.7 Å². The van der Waals surface area contributed by atoms with Crippen LogP contribution < -0.4 is 18.9 Å². The summed E-state index contributed by atoms with van der Waals surface area (Å²) in [6.07, 6.45) is 0. The van der Waals surface area contributed by atoms with Crippen LogP contribution in [-0.2, 0) is 16.6 Å². The number of sulfonamides is 1. The fourth-order valence-electron chi connectivity index (χ4n) is 2.72. The Balaban J connectivity index is 2.43. The Labute approximate surface area is 164 Å². The molecule has 0 saturated carbocycles. The van der Waals surface area contributed by atoms with Gasteiger partial charge in [-0.05, 0) is 30.2 Å². The predicted octanol–water partition coefficient (Wildman–Crippen LogP) is 2.99. The maximum absolute atomic E-state index is 14.5. The normalized spacial score (nSPS) is 11.4. The molecule has 0 aliphatic rings. The van der Waals surface area contributed by atoms with Crippen LogP contribution in [0.5, 0.6) is 23.0 Å². The van der Waals surface area contributed by atoms with Crippen molar-refractivity contribution in [3.63, 3.8) is 0 Å². The summed E-state index contributed by atoms with van der Waals surface area (Å²) in [4.78, 5) is -0.495. The summed E-state index contributed by atoms with van der Waals surface area (Å²) in [6, 6.07) is 5.56. The van der Waals surface area contributed by atoms with E-state index in [0.717, 1.165) is 22.0 Å². The second-order valence-corrected chi connectivity index (χ2v) is 8.05. The molecule has 0 fully saturated rings. The van der Waals surface area contributed by atoms with Crippen LogP contribution >= 0.6 is 0 Å². The van der Waals surface area contributed by atoms with Gasteiger partial charge in [0.25, 0.3) is 0 Å². The van der Waals surface area contributed by atoms with Crippen molar-refractivity contribution in [2.24, 2.45) is 0 Å². The van der Waals surface area contributed by atoms with Crippen LogP contribution in [0.15, 0.2) is 29.2 Å². The molecule has 0 heterocycles. The summed E-state index contributed by atoms with van der Waals surface area (Å²) in [5.41, 5.74) is 1.51. The van der Waals surface area contributed by atoms with Crippen molar-refractivity contribution in [2.45, 2.75) is 18.4 Å². The van der Waals surface area contributed by atoms with E-state index in [2.05, 4.69) is 0 Å². The van der Waals surface area contributed by atoms with Crippen LogP contribution in [-0.4, -0.2) is 48.2 Å². The number of benzene rings is 2. The van der Waals surface area contributed by atoms with Gasteiger partial charge in [-0.25, -0.2) is 12.8 Å². The molecule has 2 rings (SSSR count). The molecule has 0 N–H and O–H groups in total. The van der Waals surface area contributed by atoms with Crippen molar-refractivity contribution < 1.29 is 31.8 Å². The first-order valence-electron chi connectivity index (χ1n) is 8.28. The van der Waals surface area contributed by atoms with Gasteiger partial charge >= 0.3 is 0 Å². The zero-order chi connectivity index (χ0) is 21.1. The van der Waals surface area contributed by atoms with E-state index < -0.39 is 20.7 Å². The standard InChI is InChI=1S/C19H24FNO6S/c1-12-7-15(24-3)16(25-4)8-13(12)11-21(2)28(22,23)19-10-18(27-6)17(26-5)9-14(19)20/h7-10H,11H2,1-6H3. The van der Waals surface area contributed by atoms with Crippen molar-refractivity contribution >= 4 is 10.0 Å². The average molecular weight is 413 g/mol. The van der Waals surface area contributed by atoms with Gasteiger partial charge in [-0.2, -0.15) is 4.31 Å². The highest BCUT2D eigenvalue weighted by Crippen LogP contribution is 2.34. The number of hydrogen-bond acceptors (Lipinski definition) is 6. The van der Waals surface area contributed by atoms with Gasteiger partial charge in [-0.3, -0.25) is 0 Å². The third-order valence-corrected chi connectivity index (χ3v) is 6.18. The Morgan fingerprint density at radius 2 is 1.32 bits per heavy atom. The summed E-state index contributed by atoms with van der Waals surface area (Å²) >= 11 is 0. The first-order chi connectivity index (χ1) is 13.2. The maximum Gasteiger partial charge on any atom is 0.246 e. The van der Waals surface area contributed by atoms with Crippen molar-refractivity contribution in [1.82, 2.24) is 4.31 Å². The lowest BCUT2D eigenvalue weighted by atomic mass is 10.1. The third kappa shape index (κ3) is 4.15. The molecule has 0 aliphatic carbocycles. The van der Waals surface area contributed by atoms with Gasteiger partial charge in [-0.15, -0.1) is 0 Å². The first kappa shape index (κ1) is 21.8. The lowest BCUT2D eigenvalue weighted by molar-refractivity contribution is 0.349. The molecule has 2 aromatic rings. The summed E-state index contributed by atoms with van der Waals surface area (Å²) in [7, 11) is 2.96. The van der Waals surface area contributed by atoms with Crippen LogP contribution in [0, 0.1) is 12.7 Å². The first-order valence-corrected chi connectivity index (χ1v) is 9.72. The predicted molar refractivity (Wildman–Crippen MR) is 102 cm³/mol. The lowest BCUT2D eigenvalue weighted by Gasteiger charge is -2.21. The summed E-state index contributed by atoms with van der Waals surface area (Å²) in [5.74, 6) is 0.329. The molecular formula is C19H24FNO6S. The van der Waals surface area contributed by atoms with Crippen molar-refractivity contribution in [3.05, 3.63) is 41.2 Å². The largest absolute Gasteiger partial charge is 0.493 e. The molecule has 0 aromatic heterocycles.